The number of hydrogen-bond acceptors (Lipinski definition) is 5. The molecule has 3 aliphatic heterocycles. The van der Waals surface area contributed by atoms with Gasteiger partial charge < -0.3 is 14.4 Å². The van der Waals surface area contributed by atoms with Crippen molar-refractivity contribution in [1.29, 1.82) is 0 Å². The maximum Gasteiger partial charge on any atom is 0.312 e. The van der Waals surface area contributed by atoms with E-state index in [9.17, 15) is 14.0 Å². The molecule has 1 aromatic rings. The fourth-order valence-electron chi connectivity index (χ4n) is 4.39. The fraction of sp³-hybridized carbons (Fsp3) is 0.600. The number of rotatable bonds is 3. The molecular weight excluding hydrogens is 387 g/mol. The molecule has 152 valence electrons. The lowest BCUT2D eigenvalue weighted by Gasteiger charge is -2.36. The largest absolute Gasteiger partial charge is 0.461 e. The molecule has 1 atom stereocenters. The van der Waals surface area contributed by atoms with Crippen LogP contribution in [-0.2, 0) is 14.3 Å². The van der Waals surface area contributed by atoms with Gasteiger partial charge in [0, 0.05) is 39.1 Å². The maximum absolute atomic E-state index is 13.2. The molecule has 0 bridgehead atoms. The number of hydrogen-bond donors (Lipinski definition) is 0. The fourth-order valence-corrected chi connectivity index (χ4v) is 4.64. The summed E-state index contributed by atoms with van der Waals surface area (Å²) in [5.74, 6) is -0.840. The van der Waals surface area contributed by atoms with E-state index in [0.717, 1.165) is 38.9 Å². The zero-order chi connectivity index (χ0) is 19.7. The average Bonchev–Trinajstić information content (AvgIpc) is 2.97. The van der Waals surface area contributed by atoms with Crippen LogP contribution >= 0.6 is 11.6 Å². The van der Waals surface area contributed by atoms with E-state index < -0.39 is 11.2 Å². The molecule has 1 amide bonds. The first-order chi connectivity index (χ1) is 13.5. The predicted molar refractivity (Wildman–Crippen MR) is 101 cm³/mol. The summed E-state index contributed by atoms with van der Waals surface area (Å²) in [5.41, 5.74) is -0.210. The number of halogens is 2. The lowest BCUT2D eigenvalue weighted by molar-refractivity contribution is -0.151. The zero-order valence-electron chi connectivity index (χ0n) is 15.7. The second-order valence-corrected chi connectivity index (χ2v) is 8.25. The summed E-state index contributed by atoms with van der Waals surface area (Å²) in [6.45, 7) is 4.83. The van der Waals surface area contributed by atoms with Crippen LogP contribution in [-0.4, -0.2) is 73.7 Å². The first-order valence-corrected chi connectivity index (χ1v) is 10.1. The Hall–Kier alpha value is -1.70. The van der Waals surface area contributed by atoms with E-state index >= 15 is 0 Å². The Morgan fingerprint density at radius 2 is 1.93 bits per heavy atom. The predicted octanol–water partition coefficient (Wildman–Crippen LogP) is 2.35. The molecule has 4 rings (SSSR count). The number of piperidine rings is 1. The highest BCUT2D eigenvalue weighted by Gasteiger charge is 2.51. The summed E-state index contributed by atoms with van der Waals surface area (Å²) in [4.78, 5) is 29.3. The highest BCUT2D eigenvalue weighted by molar-refractivity contribution is 6.33. The number of nitrogens with zero attached hydrogens (tertiary/aromatic N) is 2. The minimum Gasteiger partial charge on any atom is -0.461 e. The van der Waals surface area contributed by atoms with Gasteiger partial charge >= 0.3 is 5.97 Å². The SMILES string of the molecule is O=C(c1ccc(F)cc1Cl)N1CCC2(CC1)CC(CN1CCOCC1)OC2=O. The number of ether oxygens (including phenoxy) is 2. The lowest BCUT2D eigenvalue weighted by Crippen LogP contribution is -2.45. The van der Waals surface area contributed by atoms with Gasteiger partial charge in [-0.3, -0.25) is 14.5 Å². The number of esters is 1. The van der Waals surface area contributed by atoms with Gasteiger partial charge in [0.15, 0.2) is 0 Å². The minimum atomic E-state index is -0.500. The molecular formula is C20H24ClFN2O4. The third kappa shape index (κ3) is 3.88. The van der Waals surface area contributed by atoms with E-state index in [0.29, 0.717) is 37.9 Å². The van der Waals surface area contributed by atoms with Crippen molar-refractivity contribution < 1.29 is 23.5 Å². The summed E-state index contributed by atoms with van der Waals surface area (Å²) in [7, 11) is 0. The molecule has 0 saturated carbocycles. The molecule has 0 aromatic heterocycles. The number of morpholine rings is 1. The van der Waals surface area contributed by atoms with Crippen LogP contribution in [0.1, 0.15) is 29.6 Å². The molecule has 3 fully saturated rings. The first-order valence-electron chi connectivity index (χ1n) is 9.72. The minimum absolute atomic E-state index is 0.0978. The summed E-state index contributed by atoms with van der Waals surface area (Å²) < 4.78 is 24.3. The van der Waals surface area contributed by atoms with Crippen molar-refractivity contribution in [2.75, 3.05) is 45.9 Å². The molecule has 28 heavy (non-hydrogen) atoms. The first kappa shape index (κ1) is 19.6. The van der Waals surface area contributed by atoms with Crippen molar-refractivity contribution in [1.82, 2.24) is 9.80 Å². The maximum atomic E-state index is 13.2. The number of cyclic esters (lactones) is 1. The lowest BCUT2D eigenvalue weighted by atomic mass is 9.76. The van der Waals surface area contributed by atoms with E-state index in [4.69, 9.17) is 21.1 Å². The van der Waals surface area contributed by atoms with E-state index in [1.165, 1.54) is 12.1 Å². The topological polar surface area (TPSA) is 59.1 Å². The van der Waals surface area contributed by atoms with Crippen molar-refractivity contribution >= 4 is 23.5 Å². The molecule has 0 radical (unpaired) electrons. The standard InChI is InChI=1S/C20H24ClFN2O4/c21-17-11-14(22)1-2-16(17)18(25)24-5-3-20(4-6-24)12-15(28-19(20)26)13-23-7-9-27-10-8-23/h1-2,11,15H,3-10,12-13H2. The normalized spacial score (nSPS) is 25.1. The molecule has 3 heterocycles. The van der Waals surface area contributed by atoms with Crippen molar-refractivity contribution in [2.45, 2.75) is 25.4 Å². The third-order valence-corrected chi connectivity index (χ3v) is 6.37. The van der Waals surface area contributed by atoms with Crippen LogP contribution in [0.2, 0.25) is 5.02 Å². The second kappa shape index (κ2) is 7.97. The van der Waals surface area contributed by atoms with E-state index in [-0.39, 0.29) is 23.0 Å². The monoisotopic (exact) mass is 410 g/mol. The number of carbonyl (C=O) groups is 2. The van der Waals surface area contributed by atoms with E-state index in [2.05, 4.69) is 4.90 Å². The Morgan fingerprint density at radius 1 is 1.21 bits per heavy atom. The summed E-state index contributed by atoms with van der Waals surface area (Å²) in [6.07, 6.45) is 1.76. The zero-order valence-corrected chi connectivity index (χ0v) is 16.4. The van der Waals surface area contributed by atoms with Gasteiger partial charge in [0.2, 0.25) is 0 Å². The van der Waals surface area contributed by atoms with Gasteiger partial charge in [-0.1, -0.05) is 11.6 Å². The number of amides is 1. The van der Waals surface area contributed by atoms with Gasteiger partial charge in [-0.05, 0) is 31.0 Å². The molecule has 8 heteroatoms. The molecule has 1 spiro atoms. The summed E-state index contributed by atoms with van der Waals surface area (Å²) in [5, 5.41) is 0.108. The molecule has 1 aromatic carbocycles. The van der Waals surface area contributed by atoms with Crippen LogP contribution in [0.3, 0.4) is 0 Å². The van der Waals surface area contributed by atoms with Gasteiger partial charge in [0.1, 0.15) is 11.9 Å². The summed E-state index contributed by atoms with van der Waals surface area (Å²) >= 11 is 6.02. The van der Waals surface area contributed by atoms with Gasteiger partial charge in [0.05, 0.1) is 29.2 Å². The molecule has 3 aliphatic rings. The molecule has 0 N–H and O–H groups in total. The smallest absolute Gasteiger partial charge is 0.312 e. The van der Waals surface area contributed by atoms with Crippen LogP contribution in [0.25, 0.3) is 0 Å². The van der Waals surface area contributed by atoms with Crippen molar-refractivity contribution in [2.24, 2.45) is 5.41 Å². The number of benzene rings is 1. The van der Waals surface area contributed by atoms with Gasteiger partial charge in [-0.15, -0.1) is 0 Å². The Morgan fingerprint density at radius 3 is 2.61 bits per heavy atom. The number of likely N-dealkylation sites (tertiary alicyclic amines) is 1. The van der Waals surface area contributed by atoms with Gasteiger partial charge in [-0.25, -0.2) is 4.39 Å². The van der Waals surface area contributed by atoms with Crippen molar-refractivity contribution in [3.63, 3.8) is 0 Å². The Kier molecular flexibility index (Phi) is 5.58. The van der Waals surface area contributed by atoms with E-state index in [1.54, 1.807) is 4.90 Å². The Balaban J connectivity index is 1.36. The van der Waals surface area contributed by atoms with Gasteiger partial charge in [0.25, 0.3) is 5.91 Å². The van der Waals surface area contributed by atoms with Gasteiger partial charge in [-0.2, -0.15) is 0 Å². The second-order valence-electron chi connectivity index (χ2n) is 7.84. The van der Waals surface area contributed by atoms with E-state index in [1.807, 2.05) is 0 Å². The molecule has 3 saturated heterocycles. The third-order valence-electron chi connectivity index (χ3n) is 6.06. The highest BCUT2D eigenvalue weighted by Crippen LogP contribution is 2.43. The van der Waals surface area contributed by atoms with Crippen LogP contribution < -0.4 is 0 Å². The summed E-state index contributed by atoms with van der Waals surface area (Å²) in [6, 6.07) is 3.78. The van der Waals surface area contributed by atoms with Crippen LogP contribution in [0.15, 0.2) is 18.2 Å². The van der Waals surface area contributed by atoms with Crippen LogP contribution in [0, 0.1) is 11.2 Å². The van der Waals surface area contributed by atoms with Crippen LogP contribution in [0.4, 0.5) is 4.39 Å². The Bertz CT molecular complexity index is 761. The Labute approximate surface area is 168 Å². The molecule has 0 aliphatic carbocycles. The molecule has 1 unspecified atom stereocenters. The average molecular weight is 411 g/mol. The number of carbonyl (C=O) groups excluding carboxylic acids is 2. The van der Waals surface area contributed by atoms with Crippen LogP contribution in [0.5, 0.6) is 0 Å². The molecule has 6 nitrogen and oxygen atoms in total. The van der Waals surface area contributed by atoms with Crippen molar-refractivity contribution in [3.05, 3.63) is 34.6 Å². The van der Waals surface area contributed by atoms with Crippen molar-refractivity contribution in [3.8, 4) is 0 Å². The highest BCUT2D eigenvalue weighted by atomic mass is 35.5. The quantitative estimate of drug-likeness (QED) is 0.716.